The highest BCUT2D eigenvalue weighted by molar-refractivity contribution is 5.85. The average Bonchev–Trinajstić information content (AvgIpc) is 2.62. The van der Waals surface area contributed by atoms with E-state index in [0.29, 0.717) is 6.04 Å². The van der Waals surface area contributed by atoms with Gasteiger partial charge in [0.1, 0.15) is 0 Å². The molecule has 104 valence electrons. The van der Waals surface area contributed by atoms with Gasteiger partial charge < -0.3 is 15.5 Å². The molecule has 1 heterocycles. The lowest BCUT2D eigenvalue weighted by Gasteiger charge is -2.25. The molecule has 1 aliphatic heterocycles. The molecule has 2 atom stereocenters. The Hall–Kier alpha value is -0.0300. The number of carbonyl (C=O) groups excluding carboxylic acids is 1. The van der Waals surface area contributed by atoms with Gasteiger partial charge in [-0.25, -0.2) is 0 Å². The third-order valence-corrected chi connectivity index (χ3v) is 3.36. The summed E-state index contributed by atoms with van der Waals surface area (Å²) in [6, 6.07) is 0.381. The summed E-state index contributed by atoms with van der Waals surface area (Å²) in [7, 11) is 4.05. The molecule has 0 spiro atoms. The van der Waals surface area contributed by atoms with Crippen LogP contribution < -0.4 is 10.6 Å². The number of amides is 1. The van der Waals surface area contributed by atoms with Crippen LogP contribution in [0.25, 0.3) is 0 Å². The third-order valence-electron chi connectivity index (χ3n) is 3.36. The number of hydrogen-bond acceptors (Lipinski definition) is 3. The maximum Gasteiger partial charge on any atom is 0.227 e. The number of nitrogens with one attached hydrogen (secondary N) is 2. The molecule has 0 aliphatic carbocycles. The Kier molecular flexibility index (Phi) is 9.25. The Morgan fingerprint density at radius 1 is 1.47 bits per heavy atom. The highest BCUT2D eigenvalue weighted by Gasteiger charge is 2.36. The molecule has 17 heavy (non-hydrogen) atoms. The number of hydrogen-bond donors (Lipinski definition) is 2. The second kappa shape index (κ2) is 8.14. The molecule has 6 heteroatoms. The molecule has 0 saturated carbocycles. The van der Waals surface area contributed by atoms with Gasteiger partial charge in [0.15, 0.2) is 0 Å². The van der Waals surface area contributed by atoms with E-state index in [1.165, 1.54) is 0 Å². The second-order valence-corrected chi connectivity index (χ2v) is 5.01. The predicted octanol–water partition coefficient (Wildman–Crippen LogP) is 0.896. The van der Waals surface area contributed by atoms with Crippen LogP contribution >= 0.6 is 24.8 Å². The average molecular weight is 286 g/mol. The molecule has 2 unspecified atom stereocenters. The molecule has 2 N–H and O–H groups in total. The van der Waals surface area contributed by atoms with Gasteiger partial charge in [0.05, 0.1) is 5.41 Å². The van der Waals surface area contributed by atoms with E-state index in [2.05, 4.69) is 22.5 Å². The van der Waals surface area contributed by atoms with Crippen molar-refractivity contribution in [1.82, 2.24) is 15.5 Å². The maximum absolute atomic E-state index is 11.9. The van der Waals surface area contributed by atoms with Gasteiger partial charge in [-0.3, -0.25) is 4.79 Å². The van der Waals surface area contributed by atoms with Crippen molar-refractivity contribution in [2.75, 3.05) is 33.7 Å². The SMILES string of the molecule is CC(CNC(=O)C1(C)CCNC1)N(C)C.Cl.Cl. The number of carbonyl (C=O) groups is 1. The largest absolute Gasteiger partial charge is 0.354 e. The minimum atomic E-state index is -0.202. The van der Waals surface area contributed by atoms with Crippen LogP contribution in [0.4, 0.5) is 0 Å². The van der Waals surface area contributed by atoms with Crippen molar-refractivity contribution in [3.8, 4) is 0 Å². The summed E-state index contributed by atoms with van der Waals surface area (Å²) in [6.07, 6.45) is 0.940. The first-order valence-corrected chi connectivity index (χ1v) is 5.61. The van der Waals surface area contributed by atoms with E-state index in [0.717, 1.165) is 26.1 Å². The predicted molar refractivity (Wildman–Crippen MR) is 76.2 cm³/mol. The second-order valence-electron chi connectivity index (χ2n) is 5.01. The Balaban J connectivity index is 0. The third kappa shape index (κ3) is 5.42. The van der Waals surface area contributed by atoms with E-state index in [-0.39, 0.29) is 36.1 Å². The zero-order valence-corrected chi connectivity index (χ0v) is 12.7. The fourth-order valence-corrected chi connectivity index (χ4v) is 1.65. The van der Waals surface area contributed by atoms with E-state index >= 15 is 0 Å². The van der Waals surface area contributed by atoms with Crippen LogP contribution in [0.5, 0.6) is 0 Å². The minimum Gasteiger partial charge on any atom is -0.354 e. The lowest BCUT2D eigenvalue weighted by Crippen LogP contribution is -2.45. The number of nitrogens with zero attached hydrogens (tertiary/aromatic N) is 1. The topological polar surface area (TPSA) is 44.4 Å². The van der Waals surface area contributed by atoms with Crippen LogP contribution in [-0.4, -0.2) is 50.6 Å². The number of likely N-dealkylation sites (N-methyl/N-ethyl adjacent to an activating group) is 1. The summed E-state index contributed by atoms with van der Waals surface area (Å²) in [6.45, 7) is 6.61. The summed E-state index contributed by atoms with van der Waals surface area (Å²) in [5.41, 5.74) is -0.202. The summed E-state index contributed by atoms with van der Waals surface area (Å²) in [4.78, 5) is 14.0. The Labute approximate surface area is 117 Å². The highest BCUT2D eigenvalue weighted by Crippen LogP contribution is 2.24. The van der Waals surface area contributed by atoms with Gasteiger partial charge >= 0.3 is 0 Å². The van der Waals surface area contributed by atoms with Gasteiger partial charge in [-0.1, -0.05) is 0 Å². The van der Waals surface area contributed by atoms with E-state index in [4.69, 9.17) is 0 Å². The van der Waals surface area contributed by atoms with Gasteiger partial charge in [-0.15, -0.1) is 24.8 Å². The zero-order valence-electron chi connectivity index (χ0n) is 11.1. The molecule has 0 aromatic rings. The summed E-state index contributed by atoms with van der Waals surface area (Å²) < 4.78 is 0. The van der Waals surface area contributed by atoms with E-state index in [1.54, 1.807) is 0 Å². The normalized spacial score (nSPS) is 24.8. The first kappa shape index (κ1) is 19.3. The Bertz CT molecular complexity index is 231. The van der Waals surface area contributed by atoms with Gasteiger partial charge in [-0.05, 0) is 40.9 Å². The lowest BCUT2D eigenvalue weighted by atomic mass is 9.89. The quantitative estimate of drug-likeness (QED) is 0.807. The van der Waals surface area contributed by atoms with Crippen LogP contribution in [0.3, 0.4) is 0 Å². The molecule has 0 aromatic heterocycles. The van der Waals surface area contributed by atoms with Crippen molar-refractivity contribution in [2.24, 2.45) is 5.41 Å². The van der Waals surface area contributed by atoms with Crippen LogP contribution in [0.15, 0.2) is 0 Å². The van der Waals surface area contributed by atoms with E-state index < -0.39 is 0 Å². The minimum absolute atomic E-state index is 0. The molecule has 0 bridgehead atoms. The molecular weight excluding hydrogens is 261 g/mol. The van der Waals surface area contributed by atoms with Crippen LogP contribution in [0.2, 0.25) is 0 Å². The van der Waals surface area contributed by atoms with Gasteiger partial charge in [-0.2, -0.15) is 0 Å². The molecule has 1 saturated heterocycles. The molecular formula is C11H25Cl2N3O. The maximum atomic E-state index is 11.9. The van der Waals surface area contributed by atoms with Crippen molar-refractivity contribution in [2.45, 2.75) is 26.3 Å². The van der Waals surface area contributed by atoms with Crippen LogP contribution in [-0.2, 0) is 4.79 Å². The Morgan fingerprint density at radius 2 is 2.06 bits per heavy atom. The first-order chi connectivity index (χ1) is 6.96. The monoisotopic (exact) mass is 285 g/mol. The summed E-state index contributed by atoms with van der Waals surface area (Å²) in [5, 5.41) is 6.26. The number of halogens is 2. The van der Waals surface area contributed by atoms with Crippen molar-refractivity contribution < 1.29 is 4.79 Å². The van der Waals surface area contributed by atoms with Crippen molar-refractivity contribution >= 4 is 30.7 Å². The number of rotatable bonds is 4. The van der Waals surface area contributed by atoms with Gasteiger partial charge in [0.2, 0.25) is 5.91 Å². The van der Waals surface area contributed by atoms with Crippen molar-refractivity contribution in [3.63, 3.8) is 0 Å². The smallest absolute Gasteiger partial charge is 0.227 e. The van der Waals surface area contributed by atoms with Crippen molar-refractivity contribution in [1.29, 1.82) is 0 Å². The molecule has 1 fully saturated rings. The molecule has 4 nitrogen and oxygen atoms in total. The van der Waals surface area contributed by atoms with Crippen molar-refractivity contribution in [3.05, 3.63) is 0 Å². The molecule has 1 aliphatic rings. The lowest BCUT2D eigenvalue weighted by molar-refractivity contribution is -0.129. The highest BCUT2D eigenvalue weighted by atomic mass is 35.5. The molecule has 1 rings (SSSR count). The van der Waals surface area contributed by atoms with Crippen LogP contribution in [0.1, 0.15) is 20.3 Å². The zero-order chi connectivity index (χ0) is 11.5. The molecule has 0 aromatic carbocycles. The first-order valence-electron chi connectivity index (χ1n) is 5.61. The summed E-state index contributed by atoms with van der Waals surface area (Å²) >= 11 is 0. The van der Waals surface area contributed by atoms with Gasteiger partial charge in [0.25, 0.3) is 0 Å². The van der Waals surface area contributed by atoms with E-state index in [9.17, 15) is 4.79 Å². The standard InChI is InChI=1S/C11H23N3O.2ClH/c1-9(14(3)4)7-13-10(15)11(2)5-6-12-8-11;;/h9,12H,5-8H2,1-4H3,(H,13,15);2*1H. The van der Waals surface area contributed by atoms with Gasteiger partial charge in [0, 0.05) is 19.1 Å². The fourth-order valence-electron chi connectivity index (χ4n) is 1.65. The van der Waals surface area contributed by atoms with E-state index in [1.807, 2.05) is 21.0 Å². The fraction of sp³-hybridized carbons (Fsp3) is 0.909. The molecule has 1 amide bonds. The summed E-state index contributed by atoms with van der Waals surface area (Å²) in [5.74, 6) is 0.182. The van der Waals surface area contributed by atoms with Crippen LogP contribution in [0, 0.1) is 5.41 Å². The molecule has 0 radical (unpaired) electrons. The Morgan fingerprint density at radius 3 is 2.47 bits per heavy atom.